The van der Waals surface area contributed by atoms with E-state index in [1.807, 2.05) is 0 Å². The van der Waals surface area contributed by atoms with Gasteiger partial charge in [-0.2, -0.15) is 5.21 Å². The topological polar surface area (TPSA) is 66.5 Å². The van der Waals surface area contributed by atoms with Crippen molar-refractivity contribution in [1.29, 1.82) is 0 Å². The van der Waals surface area contributed by atoms with Crippen LogP contribution in [0.4, 0.5) is 0 Å². The lowest BCUT2D eigenvalue weighted by atomic mass is 9.84. The standard InChI is InChI=1S/C11H19N5/c1-8-3-9(2)5-10(4-8)6-12-7-11-13-15-16-14-11/h3,8,10,12H,4-7H2,1-2H3,(H,13,14,15,16). The molecule has 1 aliphatic rings. The molecule has 88 valence electrons. The van der Waals surface area contributed by atoms with Gasteiger partial charge in [-0.05, 0) is 38.1 Å². The third kappa shape index (κ3) is 3.13. The summed E-state index contributed by atoms with van der Waals surface area (Å²) in [6, 6.07) is 0. The lowest BCUT2D eigenvalue weighted by Crippen LogP contribution is -2.26. The van der Waals surface area contributed by atoms with E-state index in [0.717, 1.165) is 18.3 Å². The third-order valence-corrected chi connectivity index (χ3v) is 2.99. The maximum atomic E-state index is 3.91. The minimum absolute atomic E-state index is 0.699. The van der Waals surface area contributed by atoms with Crippen molar-refractivity contribution in [1.82, 2.24) is 25.9 Å². The fourth-order valence-corrected chi connectivity index (χ4v) is 2.49. The van der Waals surface area contributed by atoms with Crippen molar-refractivity contribution in [2.75, 3.05) is 6.54 Å². The number of rotatable bonds is 4. The van der Waals surface area contributed by atoms with Crippen LogP contribution in [0, 0.1) is 11.8 Å². The Balaban J connectivity index is 1.73. The van der Waals surface area contributed by atoms with Gasteiger partial charge in [-0.15, -0.1) is 10.2 Å². The number of tetrazole rings is 1. The van der Waals surface area contributed by atoms with E-state index in [2.05, 4.69) is 45.9 Å². The zero-order valence-corrected chi connectivity index (χ0v) is 9.90. The van der Waals surface area contributed by atoms with E-state index in [9.17, 15) is 0 Å². The summed E-state index contributed by atoms with van der Waals surface area (Å²) in [6.07, 6.45) is 4.87. The van der Waals surface area contributed by atoms with Gasteiger partial charge in [0.15, 0.2) is 5.82 Å². The number of H-pyrrole nitrogens is 1. The molecule has 16 heavy (non-hydrogen) atoms. The lowest BCUT2D eigenvalue weighted by Gasteiger charge is -2.25. The molecule has 0 aromatic carbocycles. The molecule has 0 saturated carbocycles. The molecule has 0 fully saturated rings. The normalized spacial score (nSPS) is 25.5. The summed E-state index contributed by atoms with van der Waals surface area (Å²) in [5.41, 5.74) is 1.52. The summed E-state index contributed by atoms with van der Waals surface area (Å²) in [5.74, 6) is 2.19. The number of hydrogen-bond acceptors (Lipinski definition) is 4. The van der Waals surface area contributed by atoms with Crippen molar-refractivity contribution in [2.45, 2.75) is 33.2 Å². The van der Waals surface area contributed by atoms with Crippen LogP contribution in [-0.4, -0.2) is 27.2 Å². The van der Waals surface area contributed by atoms with Crippen LogP contribution in [0.5, 0.6) is 0 Å². The zero-order valence-electron chi connectivity index (χ0n) is 9.90. The van der Waals surface area contributed by atoms with E-state index in [1.54, 1.807) is 0 Å². The molecule has 1 aliphatic carbocycles. The first kappa shape index (κ1) is 11.3. The van der Waals surface area contributed by atoms with Crippen LogP contribution >= 0.6 is 0 Å². The summed E-state index contributed by atoms with van der Waals surface area (Å²) in [6.45, 7) is 6.24. The predicted octanol–water partition coefficient (Wildman–Crippen LogP) is 1.28. The first-order valence-corrected chi connectivity index (χ1v) is 5.84. The maximum Gasteiger partial charge on any atom is 0.188 e. The first-order chi connectivity index (χ1) is 7.74. The molecule has 0 amide bonds. The van der Waals surface area contributed by atoms with Crippen molar-refractivity contribution in [3.8, 4) is 0 Å². The monoisotopic (exact) mass is 221 g/mol. The lowest BCUT2D eigenvalue weighted by molar-refractivity contribution is 0.379. The van der Waals surface area contributed by atoms with Crippen molar-refractivity contribution < 1.29 is 0 Å². The number of hydrogen-bond donors (Lipinski definition) is 2. The van der Waals surface area contributed by atoms with E-state index in [-0.39, 0.29) is 0 Å². The van der Waals surface area contributed by atoms with Crippen LogP contribution in [-0.2, 0) is 6.54 Å². The highest BCUT2D eigenvalue weighted by Gasteiger charge is 2.17. The van der Waals surface area contributed by atoms with Gasteiger partial charge in [-0.1, -0.05) is 23.8 Å². The van der Waals surface area contributed by atoms with Gasteiger partial charge >= 0.3 is 0 Å². The zero-order chi connectivity index (χ0) is 11.4. The minimum Gasteiger partial charge on any atom is -0.309 e. The summed E-state index contributed by atoms with van der Waals surface area (Å²) < 4.78 is 0. The van der Waals surface area contributed by atoms with Gasteiger partial charge < -0.3 is 5.32 Å². The van der Waals surface area contributed by atoms with Crippen LogP contribution in [0.1, 0.15) is 32.5 Å². The molecular weight excluding hydrogens is 202 g/mol. The van der Waals surface area contributed by atoms with E-state index in [1.165, 1.54) is 18.4 Å². The fraction of sp³-hybridized carbons (Fsp3) is 0.727. The second-order valence-electron chi connectivity index (χ2n) is 4.76. The van der Waals surface area contributed by atoms with Crippen molar-refractivity contribution in [3.05, 3.63) is 17.5 Å². The average molecular weight is 221 g/mol. The van der Waals surface area contributed by atoms with Crippen molar-refractivity contribution in [3.63, 3.8) is 0 Å². The summed E-state index contributed by atoms with van der Waals surface area (Å²) >= 11 is 0. The number of allylic oxidation sites excluding steroid dienone is 2. The molecule has 0 saturated heterocycles. The molecule has 5 nitrogen and oxygen atoms in total. The van der Waals surface area contributed by atoms with Gasteiger partial charge in [-0.3, -0.25) is 0 Å². The second kappa shape index (κ2) is 5.21. The number of nitrogens with one attached hydrogen (secondary N) is 2. The highest BCUT2D eigenvalue weighted by atomic mass is 15.5. The van der Waals surface area contributed by atoms with Crippen LogP contribution in [0.2, 0.25) is 0 Å². The molecule has 2 unspecified atom stereocenters. The Morgan fingerprint density at radius 1 is 1.56 bits per heavy atom. The van der Waals surface area contributed by atoms with Crippen LogP contribution in [0.3, 0.4) is 0 Å². The van der Waals surface area contributed by atoms with Gasteiger partial charge in [0.25, 0.3) is 0 Å². The van der Waals surface area contributed by atoms with Crippen LogP contribution in [0.15, 0.2) is 11.6 Å². The Hall–Kier alpha value is -1.23. The summed E-state index contributed by atoms with van der Waals surface area (Å²) in [7, 11) is 0. The fourth-order valence-electron chi connectivity index (χ4n) is 2.49. The van der Waals surface area contributed by atoms with Gasteiger partial charge in [-0.25, -0.2) is 0 Å². The Kier molecular flexibility index (Phi) is 3.66. The highest BCUT2D eigenvalue weighted by Crippen LogP contribution is 2.27. The number of aromatic nitrogens is 4. The van der Waals surface area contributed by atoms with Gasteiger partial charge in [0.2, 0.25) is 0 Å². The van der Waals surface area contributed by atoms with E-state index < -0.39 is 0 Å². The Bertz CT molecular complexity index is 343. The van der Waals surface area contributed by atoms with Crippen molar-refractivity contribution >= 4 is 0 Å². The third-order valence-electron chi connectivity index (χ3n) is 2.99. The number of aromatic amines is 1. The molecule has 1 aromatic heterocycles. The molecule has 2 N–H and O–H groups in total. The second-order valence-corrected chi connectivity index (χ2v) is 4.76. The smallest absolute Gasteiger partial charge is 0.188 e. The molecule has 1 heterocycles. The predicted molar refractivity (Wildman–Crippen MR) is 61.5 cm³/mol. The molecule has 0 bridgehead atoms. The van der Waals surface area contributed by atoms with E-state index in [0.29, 0.717) is 12.5 Å². The van der Waals surface area contributed by atoms with Crippen molar-refractivity contribution in [2.24, 2.45) is 11.8 Å². The molecule has 0 radical (unpaired) electrons. The number of nitrogens with zero attached hydrogens (tertiary/aromatic N) is 3. The molecule has 1 aromatic rings. The quantitative estimate of drug-likeness (QED) is 0.752. The first-order valence-electron chi connectivity index (χ1n) is 5.84. The molecule has 2 atom stereocenters. The Labute approximate surface area is 95.7 Å². The van der Waals surface area contributed by atoms with E-state index >= 15 is 0 Å². The van der Waals surface area contributed by atoms with Crippen LogP contribution < -0.4 is 5.32 Å². The minimum atomic E-state index is 0.699. The molecule has 5 heteroatoms. The SMILES string of the molecule is CC1=CC(C)CC(CNCc2nn[nH]n2)C1. The Morgan fingerprint density at radius 3 is 3.12 bits per heavy atom. The van der Waals surface area contributed by atoms with Gasteiger partial charge in [0.05, 0.1) is 6.54 Å². The van der Waals surface area contributed by atoms with Gasteiger partial charge in [0.1, 0.15) is 0 Å². The molecular formula is C11H19N5. The average Bonchev–Trinajstić information content (AvgIpc) is 2.69. The highest BCUT2D eigenvalue weighted by molar-refractivity contribution is 5.06. The Morgan fingerprint density at radius 2 is 2.44 bits per heavy atom. The molecule has 2 rings (SSSR count). The summed E-state index contributed by atoms with van der Waals surface area (Å²) in [5, 5.41) is 17.2. The van der Waals surface area contributed by atoms with Crippen LogP contribution in [0.25, 0.3) is 0 Å². The largest absolute Gasteiger partial charge is 0.309 e. The summed E-state index contributed by atoms with van der Waals surface area (Å²) in [4.78, 5) is 0. The molecule has 0 spiro atoms. The maximum absolute atomic E-state index is 3.91. The van der Waals surface area contributed by atoms with E-state index in [4.69, 9.17) is 0 Å². The van der Waals surface area contributed by atoms with Gasteiger partial charge in [0, 0.05) is 0 Å². The molecule has 0 aliphatic heterocycles.